The van der Waals surface area contributed by atoms with Crippen molar-refractivity contribution in [3.05, 3.63) is 33.9 Å². The van der Waals surface area contributed by atoms with Crippen molar-refractivity contribution in [3.63, 3.8) is 0 Å². The van der Waals surface area contributed by atoms with E-state index in [2.05, 4.69) is 5.32 Å². The highest BCUT2D eigenvalue weighted by Crippen LogP contribution is 2.26. The number of carbonyl (C=O) groups excluding carboxylic acids is 1. The molecule has 1 amide bonds. The molecule has 0 aliphatic rings. The van der Waals surface area contributed by atoms with Crippen molar-refractivity contribution in [3.8, 4) is 0 Å². The van der Waals surface area contributed by atoms with Gasteiger partial charge in [-0.2, -0.15) is 0 Å². The van der Waals surface area contributed by atoms with Crippen molar-refractivity contribution in [2.24, 2.45) is 11.1 Å². The predicted molar refractivity (Wildman–Crippen MR) is 73.9 cm³/mol. The van der Waals surface area contributed by atoms with Crippen LogP contribution in [-0.4, -0.2) is 16.9 Å². The second kappa shape index (κ2) is 5.36. The van der Waals surface area contributed by atoms with Crippen molar-refractivity contribution >= 4 is 17.3 Å². The first-order valence-corrected chi connectivity index (χ1v) is 5.95. The summed E-state index contributed by atoms with van der Waals surface area (Å²) in [4.78, 5) is 22.3. The van der Waals surface area contributed by atoms with E-state index in [1.807, 2.05) is 20.8 Å². The van der Waals surface area contributed by atoms with Crippen LogP contribution in [0.2, 0.25) is 0 Å². The number of hydrogen-bond acceptors (Lipinski definition) is 4. The molecule has 1 rings (SSSR count). The first-order chi connectivity index (χ1) is 8.64. The molecule has 1 unspecified atom stereocenters. The van der Waals surface area contributed by atoms with Crippen LogP contribution in [0.3, 0.4) is 0 Å². The molecule has 0 radical (unpaired) electrons. The van der Waals surface area contributed by atoms with Gasteiger partial charge in [-0.25, -0.2) is 0 Å². The number of nitro groups is 1. The van der Waals surface area contributed by atoms with Crippen LogP contribution < -0.4 is 11.1 Å². The highest BCUT2D eigenvalue weighted by atomic mass is 16.6. The Balaban J connectivity index is 2.98. The van der Waals surface area contributed by atoms with Gasteiger partial charge in [-0.3, -0.25) is 14.9 Å². The summed E-state index contributed by atoms with van der Waals surface area (Å²) < 4.78 is 0. The molecule has 0 bridgehead atoms. The Morgan fingerprint density at radius 2 is 2.00 bits per heavy atom. The Kier molecular flexibility index (Phi) is 4.26. The summed E-state index contributed by atoms with van der Waals surface area (Å²) in [6.07, 6.45) is 0. The predicted octanol–water partition coefficient (Wildman–Crippen LogP) is 2.22. The highest BCUT2D eigenvalue weighted by Gasteiger charge is 2.28. The lowest BCUT2D eigenvalue weighted by atomic mass is 9.87. The molecule has 0 aliphatic carbocycles. The van der Waals surface area contributed by atoms with Crippen molar-refractivity contribution in [2.75, 3.05) is 5.32 Å². The van der Waals surface area contributed by atoms with Crippen LogP contribution in [-0.2, 0) is 4.79 Å². The van der Waals surface area contributed by atoms with Gasteiger partial charge in [0.25, 0.3) is 5.69 Å². The highest BCUT2D eigenvalue weighted by molar-refractivity contribution is 5.96. The van der Waals surface area contributed by atoms with Crippen LogP contribution >= 0.6 is 0 Å². The van der Waals surface area contributed by atoms with Crippen molar-refractivity contribution in [1.29, 1.82) is 0 Å². The molecule has 1 aromatic carbocycles. The van der Waals surface area contributed by atoms with E-state index in [0.29, 0.717) is 11.3 Å². The number of nitro benzene ring substituents is 1. The molecule has 0 saturated heterocycles. The molecule has 0 aromatic heterocycles. The zero-order chi connectivity index (χ0) is 14.8. The number of hydrogen-bond donors (Lipinski definition) is 2. The summed E-state index contributed by atoms with van der Waals surface area (Å²) in [5, 5.41) is 13.5. The molecule has 19 heavy (non-hydrogen) atoms. The van der Waals surface area contributed by atoms with E-state index in [1.165, 1.54) is 12.1 Å². The van der Waals surface area contributed by atoms with E-state index in [-0.39, 0.29) is 17.0 Å². The van der Waals surface area contributed by atoms with Gasteiger partial charge in [0.2, 0.25) is 5.91 Å². The normalized spacial score (nSPS) is 12.9. The van der Waals surface area contributed by atoms with Gasteiger partial charge in [-0.05, 0) is 18.4 Å². The molecule has 0 heterocycles. The minimum Gasteiger partial charge on any atom is -0.324 e. The monoisotopic (exact) mass is 265 g/mol. The molecule has 104 valence electrons. The molecule has 0 aliphatic heterocycles. The second-order valence-electron chi connectivity index (χ2n) is 5.54. The Morgan fingerprint density at radius 3 is 2.47 bits per heavy atom. The van der Waals surface area contributed by atoms with Crippen LogP contribution in [0.5, 0.6) is 0 Å². The molecule has 1 aromatic rings. The van der Waals surface area contributed by atoms with Gasteiger partial charge in [0.05, 0.1) is 22.2 Å². The first-order valence-electron chi connectivity index (χ1n) is 5.95. The van der Waals surface area contributed by atoms with Crippen LogP contribution in [0.15, 0.2) is 18.2 Å². The second-order valence-corrected chi connectivity index (χ2v) is 5.54. The maximum absolute atomic E-state index is 12.0. The topological polar surface area (TPSA) is 98.3 Å². The van der Waals surface area contributed by atoms with Gasteiger partial charge in [0.15, 0.2) is 0 Å². The Labute approximate surface area is 112 Å². The number of amides is 1. The van der Waals surface area contributed by atoms with E-state index in [0.717, 1.165) is 0 Å². The lowest BCUT2D eigenvalue weighted by molar-refractivity contribution is -0.385. The molecular formula is C13H19N3O3. The van der Waals surface area contributed by atoms with E-state index < -0.39 is 11.0 Å². The van der Waals surface area contributed by atoms with Gasteiger partial charge >= 0.3 is 0 Å². The van der Waals surface area contributed by atoms with Gasteiger partial charge in [0, 0.05) is 6.07 Å². The minimum atomic E-state index is -0.689. The summed E-state index contributed by atoms with van der Waals surface area (Å²) >= 11 is 0. The van der Waals surface area contributed by atoms with E-state index in [9.17, 15) is 14.9 Å². The molecule has 0 spiro atoms. The number of nitrogens with one attached hydrogen (secondary N) is 1. The maximum Gasteiger partial charge on any atom is 0.274 e. The van der Waals surface area contributed by atoms with Crippen LogP contribution in [0.25, 0.3) is 0 Å². The third-order valence-electron chi connectivity index (χ3n) is 2.98. The molecule has 3 N–H and O–H groups in total. The zero-order valence-corrected chi connectivity index (χ0v) is 11.6. The summed E-state index contributed by atoms with van der Waals surface area (Å²) in [5.74, 6) is -0.351. The standard InChI is InChI=1S/C13H19N3O3/c1-8-9(6-5-7-10(8)16(18)19)15-12(17)11(14)13(2,3)4/h5-7,11H,14H2,1-4H3,(H,15,17). The van der Waals surface area contributed by atoms with Crippen molar-refractivity contribution in [2.45, 2.75) is 33.7 Å². The summed E-state index contributed by atoms with van der Waals surface area (Å²) in [7, 11) is 0. The van der Waals surface area contributed by atoms with E-state index >= 15 is 0 Å². The Hall–Kier alpha value is -1.95. The molecule has 6 nitrogen and oxygen atoms in total. The average molecular weight is 265 g/mol. The summed E-state index contributed by atoms with van der Waals surface area (Å²) in [5.41, 5.74) is 6.28. The lowest BCUT2D eigenvalue weighted by Crippen LogP contribution is -2.45. The maximum atomic E-state index is 12.0. The number of benzene rings is 1. The SMILES string of the molecule is Cc1c(NC(=O)C(N)C(C)(C)C)cccc1[N+](=O)[O-]. The van der Waals surface area contributed by atoms with E-state index in [1.54, 1.807) is 13.0 Å². The molecule has 0 saturated carbocycles. The van der Waals surface area contributed by atoms with Gasteiger partial charge in [-0.15, -0.1) is 0 Å². The number of nitrogens with two attached hydrogens (primary N) is 1. The lowest BCUT2D eigenvalue weighted by Gasteiger charge is -2.26. The largest absolute Gasteiger partial charge is 0.324 e. The van der Waals surface area contributed by atoms with Crippen LogP contribution in [0, 0.1) is 22.5 Å². The van der Waals surface area contributed by atoms with Crippen LogP contribution in [0.4, 0.5) is 11.4 Å². The third-order valence-corrected chi connectivity index (χ3v) is 2.98. The van der Waals surface area contributed by atoms with Crippen molar-refractivity contribution < 1.29 is 9.72 Å². The number of rotatable bonds is 3. The Bertz CT molecular complexity index is 506. The van der Waals surface area contributed by atoms with Gasteiger partial charge < -0.3 is 11.1 Å². The summed E-state index contributed by atoms with van der Waals surface area (Å²) in [6.45, 7) is 7.17. The number of carbonyl (C=O) groups is 1. The summed E-state index contributed by atoms with van der Waals surface area (Å²) in [6, 6.07) is 3.86. The first kappa shape index (κ1) is 15.1. The van der Waals surface area contributed by atoms with Crippen LogP contribution in [0.1, 0.15) is 26.3 Å². The molecule has 6 heteroatoms. The molecule has 0 fully saturated rings. The fourth-order valence-electron chi connectivity index (χ4n) is 1.56. The molecule has 1 atom stereocenters. The third kappa shape index (κ3) is 3.51. The smallest absolute Gasteiger partial charge is 0.274 e. The van der Waals surface area contributed by atoms with Crippen molar-refractivity contribution in [1.82, 2.24) is 0 Å². The average Bonchev–Trinajstić information content (AvgIpc) is 2.29. The minimum absolute atomic E-state index is 0.0258. The fraction of sp³-hybridized carbons (Fsp3) is 0.462. The zero-order valence-electron chi connectivity index (χ0n) is 11.6. The van der Waals surface area contributed by atoms with E-state index in [4.69, 9.17) is 5.73 Å². The molecular weight excluding hydrogens is 246 g/mol. The van der Waals surface area contributed by atoms with Gasteiger partial charge in [0.1, 0.15) is 0 Å². The van der Waals surface area contributed by atoms with Gasteiger partial charge in [-0.1, -0.05) is 26.8 Å². The fourth-order valence-corrected chi connectivity index (χ4v) is 1.56. The number of anilines is 1. The Morgan fingerprint density at radius 1 is 1.42 bits per heavy atom. The quantitative estimate of drug-likeness (QED) is 0.646. The number of nitrogens with zero attached hydrogens (tertiary/aromatic N) is 1.